The lowest BCUT2D eigenvalue weighted by Gasteiger charge is -2.22. The van der Waals surface area contributed by atoms with Crippen LogP contribution in [0.3, 0.4) is 0 Å². The summed E-state index contributed by atoms with van der Waals surface area (Å²) >= 11 is 0. The zero-order valence-corrected chi connectivity index (χ0v) is 20.8. The zero-order valence-electron chi connectivity index (χ0n) is 19.2. The topological polar surface area (TPSA) is 131 Å². The Morgan fingerprint density at radius 1 is 1.06 bits per heavy atom. The quantitative estimate of drug-likeness (QED) is 0.484. The SMILES string of the molecule is CCOc1ccc(N(CC(=O)Nc2cc(S(=O)(=O)NC(C)C)ccc2OC)S(C)(=O)=O)cc1. The highest BCUT2D eigenvalue weighted by molar-refractivity contribution is 7.92. The van der Waals surface area contributed by atoms with Gasteiger partial charge in [0, 0.05) is 6.04 Å². The van der Waals surface area contributed by atoms with Gasteiger partial charge in [-0.3, -0.25) is 9.10 Å². The second-order valence-electron chi connectivity index (χ2n) is 7.38. The van der Waals surface area contributed by atoms with Crippen molar-refractivity contribution >= 4 is 37.3 Å². The lowest BCUT2D eigenvalue weighted by Crippen LogP contribution is -2.37. The van der Waals surface area contributed by atoms with Gasteiger partial charge in [0.05, 0.1) is 36.2 Å². The minimum absolute atomic E-state index is 0.0706. The smallest absolute Gasteiger partial charge is 0.245 e. The Labute approximate surface area is 195 Å². The highest BCUT2D eigenvalue weighted by Gasteiger charge is 2.23. The zero-order chi connectivity index (χ0) is 24.8. The average Bonchev–Trinajstić information content (AvgIpc) is 2.71. The molecule has 0 fully saturated rings. The van der Waals surface area contributed by atoms with Gasteiger partial charge in [-0.1, -0.05) is 0 Å². The van der Waals surface area contributed by atoms with E-state index in [1.165, 1.54) is 37.4 Å². The number of nitrogens with zero attached hydrogens (tertiary/aromatic N) is 1. The third-order valence-corrected chi connectivity index (χ3v) is 7.07. The Kier molecular flexibility index (Phi) is 8.69. The van der Waals surface area contributed by atoms with Crippen LogP contribution in [0.2, 0.25) is 0 Å². The Morgan fingerprint density at radius 2 is 1.70 bits per heavy atom. The van der Waals surface area contributed by atoms with Crippen molar-refractivity contribution in [2.45, 2.75) is 31.7 Å². The fourth-order valence-electron chi connectivity index (χ4n) is 2.93. The molecule has 12 heteroatoms. The standard InChI is InChI=1S/C21H29N3O7S2/c1-6-31-17-9-7-16(8-10-17)24(32(5,26)27)14-21(25)22-19-13-18(11-12-20(19)30-4)33(28,29)23-15(2)3/h7-13,15,23H,6,14H2,1-5H3,(H,22,25). The van der Waals surface area contributed by atoms with E-state index < -0.39 is 32.5 Å². The minimum atomic E-state index is -3.82. The molecule has 10 nitrogen and oxygen atoms in total. The number of hydrogen-bond donors (Lipinski definition) is 2. The molecule has 2 N–H and O–H groups in total. The summed E-state index contributed by atoms with van der Waals surface area (Å²) in [7, 11) is -6.24. The maximum atomic E-state index is 12.8. The number of amides is 1. The van der Waals surface area contributed by atoms with Crippen LogP contribution in [-0.4, -0.2) is 55.3 Å². The summed E-state index contributed by atoms with van der Waals surface area (Å²) in [6.45, 7) is 5.13. The van der Waals surface area contributed by atoms with Crippen molar-refractivity contribution in [3.63, 3.8) is 0 Å². The summed E-state index contributed by atoms with van der Waals surface area (Å²) in [4.78, 5) is 12.7. The number of carbonyl (C=O) groups excluding carboxylic acids is 1. The van der Waals surface area contributed by atoms with Gasteiger partial charge in [-0.25, -0.2) is 21.6 Å². The third kappa shape index (κ3) is 7.34. The maximum Gasteiger partial charge on any atom is 0.245 e. The first kappa shape index (κ1) is 26.4. The van der Waals surface area contributed by atoms with Crippen molar-refractivity contribution in [3.05, 3.63) is 42.5 Å². The molecule has 1 amide bonds. The number of sulfonamides is 2. The van der Waals surface area contributed by atoms with E-state index in [0.29, 0.717) is 12.4 Å². The van der Waals surface area contributed by atoms with Gasteiger partial charge in [0.1, 0.15) is 18.0 Å². The van der Waals surface area contributed by atoms with E-state index in [0.717, 1.165) is 10.6 Å². The van der Waals surface area contributed by atoms with Gasteiger partial charge in [-0.15, -0.1) is 0 Å². The second-order valence-corrected chi connectivity index (χ2v) is 11.0. The van der Waals surface area contributed by atoms with Gasteiger partial charge in [0.25, 0.3) is 0 Å². The number of rotatable bonds is 11. The van der Waals surface area contributed by atoms with E-state index in [1.807, 2.05) is 6.92 Å². The Hall–Kier alpha value is -2.83. The van der Waals surface area contributed by atoms with Crippen LogP contribution < -0.4 is 23.8 Å². The van der Waals surface area contributed by atoms with Gasteiger partial charge in [0.2, 0.25) is 26.0 Å². The van der Waals surface area contributed by atoms with Crippen LogP contribution in [0.4, 0.5) is 11.4 Å². The molecule has 0 heterocycles. The lowest BCUT2D eigenvalue weighted by molar-refractivity contribution is -0.114. The number of benzene rings is 2. The molecular formula is C21H29N3O7S2. The molecule has 0 aliphatic heterocycles. The molecule has 2 aromatic carbocycles. The highest BCUT2D eigenvalue weighted by atomic mass is 32.2. The summed E-state index contributed by atoms with van der Waals surface area (Å²) in [6, 6.07) is 9.96. The molecule has 2 rings (SSSR count). The summed E-state index contributed by atoms with van der Waals surface area (Å²) in [5.41, 5.74) is 0.370. The number of hydrogen-bond acceptors (Lipinski definition) is 7. The van der Waals surface area contributed by atoms with Crippen molar-refractivity contribution in [3.8, 4) is 11.5 Å². The predicted octanol–water partition coefficient (Wildman–Crippen LogP) is 2.19. The van der Waals surface area contributed by atoms with E-state index in [2.05, 4.69) is 10.0 Å². The Bertz CT molecular complexity index is 1180. The predicted molar refractivity (Wildman–Crippen MR) is 127 cm³/mol. The molecule has 0 aromatic heterocycles. The summed E-state index contributed by atoms with van der Waals surface area (Å²) < 4.78 is 63.6. The van der Waals surface area contributed by atoms with Crippen molar-refractivity contribution in [1.82, 2.24) is 4.72 Å². The van der Waals surface area contributed by atoms with Crippen LogP contribution in [0, 0.1) is 0 Å². The van der Waals surface area contributed by atoms with E-state index in [-0.39, 0.29) is 28.1 Å². The summed E-state index contributed by atoms with van der Waals surface area (Å²) in [5, 5.41) is 2.54. The molecule has 0 saturated carbocycles. The van der Waals surface area contributed by atoms with Gasteiger partial charge >= 0.3 is 0 Å². The number of methoxy groups -OCH3 is 1. The molecule has 0 radical (unpaired) electrons. The van der Waals surface area contributed by atoms with E-state index >= 15 is 0 Å². The Balaban J connectivity index is 2.30. The van der Waals surface area contributed by atoms with Crippen LogP contribution >= 0.6 is 0 Å². The van der Waals surface area contributed by atoms with Gasteiger partial charge in [-0.2, -0.15) is 0 Å². The first-order chi connectivity index (χ1) is 15.4. The average molecular weight is 500 g/mol. The van der Waals surface area contributed by atoms with Crippen LogP contribution in [0.15, 0.2) is 47.4 Å². The fraction of sp³-hybridized carbons (Fsp3) is 0.381. The first-order valence-electron chi connectivity index (χ1n) is 10.1. The molecule has 0 atom stereocenters. The van der Waals surface area contributed by atoms with E-state index in [1.54, 1.807) is 26.0 Å². The van der Waals surface area contributed by atoms with E-state index in [4.69, 9.17) is 9.47 Å². The Morgan fingerprint density at radius 3 is 2.21 bits per heavy atom. The molecule has 182 valence electrons. The third-order valence-electron chi connectivity index (χ3n) is 4.27. The fourth-order valence-corrected chi connectivity index (χ4v) is 5.06. The van der Waals surface area contributed by atoms with Crippen molar-refractivity contribution < 1.29 is 31.1 Å². The number of anilines is 2. The molecule has 0 aliphatic carbocycles. The largest absolute Gasteiger partial charge is 0.495 e. The monoisotopic (exact) mass is 499 g/mol. The molecule has 0 bridgehead atoms. The van der Waals surface area contributed by atoms with Crippen LogP contribution in [0.1, 0.15) is 20.8 Å². The van der Waals surface area contributed by atoms with Gasteiger partial charge < -0.3 is 14.8 Å². The van der Waals surface area contributed by atoms with Crippen LogP contribution in [0.5, 0.6) is 11.5 Å². The van der Waals surface area contributed by atoms with E-state index in [9.17, 15) is 21.6 Å². The molecular weight excluding hydrogens is 470 g/mol. The van der Waals surface area contributed by atoms with Gasteiger partial charge in [0.15, 0.2) is 0 Å². The molecule has 0 unspecified atom stereocenters. The molecule has 0 spiro atoms. The second kappa shape index (κ2) is 10.9. The van der Waals surface area contributed by atoms with Crippen LogP contribution in [-0.2, 0) is 24.8 Å². The van der Waals surface area contributed by atoms with Crippen molar-refractivity contribution in [1.29, 1.82) is 0 Å². The van der Waals surface area contributed by atoms with Crippen LogP contribution in [0.25, 0.3) is 0 Å². The normalized spacial score (nSPS) is 11.8. The molecule has 0 saturated heterocycles. The number of carbonyl (C=O) groups is 1. The summed E-state index contributed by atoms with van der Waals surface area (Å²) in [5.74, 6) is 0.106. The van der Waals surface area contributed by atoms with Gasteiger partial charge in [-0.05, 0) is 63.2 Å². The lowest BCUT2D eigenvalue weighted by atomic mass is 10.2. The number of nitrogens with one attached hydrogen (secondary N) is 2. The maximum absolute atomic E-state index is 12.8. The first-order valence-corrected chi connectivity index (χ1v) is 13.4. The van der Waals surface area contributed by atoms with Crippen molar-refractivity contribution in [2.24, 2.45) is 0 Å². The molecule has 33 heavy (non-hydrogen) atoms. The summed E-state index contributed by atoms with van der Waals surface area (Å²) in [6.07, 6.45) is 0.988. The highest BCUT2D eigenvalue weighted by Crippen LogP contribution is 2.28. The van der Waals surface area contributed by atoms with Crippen molar-refractivity contribution in [2.75, 3.05) is 36.1 Å². The minimum Gasteiger partial charge on any atom is -0.495 e. The molecule has 0 aliphatic rings. The molecule has 2 aromatic rings. The number of ether oxygens (including phenoxy) is 2.